The Morgan fingerprint density at radius 2 is 0.883 bits per heavy atom. The fourth-order valence-corrected chi connectivity index (χ4v) is 9.49. The van der Waals surface area contributed by atoms with Gasteiger partial charge in [0.1, 0.15) is 11.5 Å². The predicted molar refractivity (Wildman–Crippen MR) is 242 cm³/mol. The maximum atomic E-state index is 6.71. The second kappa shape index (κ2) is 13.6. The largest absolute Gasteiger partial charge is 0.457 e. The first-order valence-electron chi connectivity index (χ1n) is 20.3. The average molecular weight is 766 g/mol. The number of pyridine rings is 1. The number of hydrogen-bond acceptors (Lipinski definition) is 4. The lowest BCUT2D eigenvalue weighted by molar-refractivity contribution is 0.436. The molecule has 4 heteroatoms. The molecule has 0 unspecified atom stereocenters. The first-order valence-corrected chi connectivity index (χ1v) is 20.3. The highest BCUT2D eigenvalue weighted by molar-refractivity contribution is 5.95. The van der Waals surface area contributed by atoms with Crippen LogP contribution >= 0.6 is 0 Å². The van der Waals surface area contributed by atoms with Crippen molar-refractivity contribution in [3.8, 4) is 78.8 Å². The summed E-state index contributed by atoms with van der Waals surface area (Å²) in [6, 6.07) is 73.0. The Bertz CT molecular complexity index is 3180. The summed E-state index contributed by atoms with van der Waals surface area (Å²) in [5.41, 5.74) is 16.7. The van der Waals surface area contributed by atoms with Crippen LogP contribution in [0.5, 0.6) is 11.5 Å². The van der Waals surface area contributed by atoms with Gasteiger partial charge in [0, 0.05) is 45.0 Å². The summed E-state index contributed by atoms with van der Waals surface area (Å²) in [7, 11) is 0. The quantitative estimate of drug-likeness (QED) is 0.175. The lowest BCUT2D eigenvalue weighted by Crippen LogP contribution is -2.32. The van der Waals surface area contributed by atoms with E-state index in [2.05, 4.69) is 188 Å². The fraction of sp³-hybridized carbons (Fsp3) is 0.0179. The molecule has 60 heavy (non-hydrogen) atoms. The molecule has 0 amide bonds. The Hall–Kier alpha value is -7.95. The molecule has 1 aliphatic carbocycles. The van der Waals surface area contributed by atoms with E-state index in [0.29, 0.717) is 5.82 Å². The molecular formula is C56H35N3O. The lowest BCUT2D eigenvalue weighted by atomic mass is 9.65. The number of hydrogen-bond donors (Lipinski definition) is 0. The van der Waals surface area contributed by atoms with Crippen LogP contribution in [-0.4, -0.2) is 15.0 Å². The van der Waals surface area contributed by atoms with Crippen LogP contribution < -0.4 is 4.74 Å². The maximum absolute atomic E-state index is 6.71. The molecule has 0 radical (unpaired) electrons. The van der Waals surface area contributed by atoms with E-state index in [1.54, 1.807) is 0 Å². The molecule has 0 fully saturated rings. The van der Waals surface area contributed by atoms with Gasteiger partial charge in [-0.15, -0.1) is 0 Å². The van der Waals surface area contributed by atoms with Gasteiger partial charge in [-0.25, -0.2) is 9.97 Å². The van der Waals surface area contributed by atoms with Crippen molar-refractivity contribution in [3.63, 3.8) is 0 Å². The number of aromatic nitrogens is 3. The van der Waals surface area contributed by atoms with Crippen LogP contribution in [0, 0.1) is 0 Å². The zero-order valence-electron chi connectivity index (χ0n) is 32.5. The molecule has 8 aromatic carbocycles. The number of benzene rings is 8. The predicted octanol–water partition coefficient (Wildman–Crippen LogP) is 13.8. The van der Waals surface area contributed by atoms with Crippen LogP contribution in [0.2, 0.25) is 0 Å². The summed E-state index contributed by atoms with van der Waals surface area (Å²) in [5, 5.41) is 1.13. The van der Waals surface area contributed by atoms with E-state index < -0.39 is 5.41 Å². The van der Waals surface area contributed by atoms with Crippen molar-refractivity contribution in [3.05, 3.63) is 235 Å². The van der Waals surface area contributed by atoms with Crippen LogP contribution in [-0.2, 0) is 5.41 Å². The Kier molecular flexibility index (Phi) is 7.72. The standard InChI is InChI=1S/C56H35N3O/c1-3-13-38(14-4-1)50-35-51(39-15-5-2-6-16-39)59-55(58-50)42-29-31-45-44-30-28-41(36-24-26-37(27-25-36)43-19-11-17-40-18-12-32-57-54(40)43)33-48(44)56(49(45)34-42)46-20-7-9-22-52(46)60-53-23-10-8-21-47(53)56/h1-35H. The number of ether oxygens (including phenoxy) is 1. The van der Waals surface area contributed by atoms with Gasteiger partial charge in [-0.1, -0.05) is 170 Å². The van der Waals surface area contributed by atoms with Crippen LogP contribution in [0.1, 0.15) is 22.3 Å². The van der Waals surface area contributed by atoms with Crippen molar-refractivity contribution in [2.75, 3.05) is 0 Å². The minimum Gasteiger partial charge on any atom is -0.457 e. The molecule has 3 heterocycles. The molecule has 12 rings (SSSR count). The van der Waals surface area contributed by atoms with Crippen molar-refractivity contribution in [1.29, 1.82) is 0 Å². The topological polar surface area (TPSA) is 47.9 Å². The smallest absolute Gasteiger partial charge is 0.160 e. The fourth-order valence-electron chi connectivity index (χ4n) is 9.49. The SMILES string of the molecule is c1ccc(-c2cc(-c3ccccc3)nc(-c3ccc4c(c3)C3(c5ccccc5Oc5ccccc53)c3cc(-c5ccc(-c6cccc7cccnc67)cc5)ccc3-4)n2)cc1. The van der Waals surface area contributed by atoms with E-state index in [1.807, 2.05) is 24.4 Å². The molecule has 0 saturated heterocycles. The molecular weight excluding hydrogens is 731 g/mol. The highest BCUT2D eigenvalue weighted by Gasteiger charge is 2.51. The second-order valence-corrected chi connectivity index (χ2v) is 15.5. The van der Waals surface area contributed by atoms with Gasteiger partial charge in [-0.2, -0.15) is 0 Å². The molecule has 1 spiro atoms. The van der Waals surface area contributed by atoms with Crippen LogP contribution in [0.4, 0.5) is 0 Å². The average Bonchev–Trinajstić information content (AvgIpc) is 3.61. The van der Waals surface area contributed by atoms with E-state index >= 15 is 0 Å². The second-order valence-electron chi connectivity index (χ2n) is 15.5. The maximum Gasteiger partial charge on any atom is 0.160 e. The summed E-state index contributed by atoms with van der Waals surface area (Å²) >= 11 is 0. The normalized spacial score (nSPS) is 12.9. The molecule has 2 aromatic heterocycles. The summed E-state index contributed by atoms with van der Waals surface area (Å²) in [5.74, 6) is 2.39. The minimum atomic E-state index is -0.671. The van der Waals surface area contributed by atoms with Crippen molar-refractivity contribution in [2.45, 2.75) is 5.41 Å². The van der Waals surface area contributed by atoms with E-state index in [0.717, 1.165) is 83.9 Å². The molecule has 0 N–H and O–H groups in total. The molecule has 2 aliphatic rings. The Balaban J connectivity index is 1.06. The third-order valence-corrected chi connectivity index (χ3v) is 12.2. The van der Waals surface area contributed by atoms with Crippen molar-refractivity contribution in [2.24, 2.45) is 0 Å². The first-order chi connectivity index (χ1) is 29.7. The summed E-state index contributed by atoms with van der Waals surface area (Å²) in [6.45, 7) is 0. The van der Waals surface area contributed by atoms with Crippen LogP contribution in [0.25, 0.3) is 78.2 Å². The summed E-state index contributed by atoms with van der Waals surface area (Å²) < 4.78 is 6.71. The van der Waals surface area contributed by atoms with Gasteiger partial charge in [-0.3, -0.25) is 4.98 Å². The Labute approximate surface area is 348 Å². The monoisotopic (exact) mass is 765 g/mol. The minimum absolute atomic E-state index is 0.671. The molecule has 0 saturated carbocycles. The van der Waals surface area contributed by atoms with Gasteiger partial charge >= 0.3 is 0 Å². The van der Waals surface area contributed by atoms with Gasteiger partial charge in [0.2, 0.25) is 0 Å². The van der Waals surface area contributed by atoms with Gasteiger partial charge in [0.05, 0.1) is 22.3 Å². The number of fused-ring (bicyclic) bond motifs is 10. The highest BCUT2D eigenvalue weighted by Crippen LogP contribution is 2.62. The molecule has 0 bridgehead atoms. The van der Waals surface area contributed by atoms with E-state index in [9.17, 15) is 0 Å². The third-order valence-electron chi connectivity index (χ3n) is 12.2. The van der Waals surface area contributed by atoms with Gasteiger partial charge in [0.25, 0.3) is 0 Å². The van der Waals surface area contributed by atoms with Crippen molar-refractivity contribution in [1.82, 2.24) is 15.0 Å². The van der Waals surface area contributed by atoms with Crippen molar-refractivity contribution >= 4 is 10.9 Å². The highest BCUT2D eigenvalue weighted by atomic mass is 16.5. The summed E-state index contributed by atoms with van der Waals surface area (Å²) in [6.07, 6.45) is 1.87. The zero-order chi connectivity index (χ0) is 39.6. The number of nitrogens with zero attached hydrogens (tertiary/aromatic N) is 3. The van der Waals surface area contributed by atoms with E-state index in [4.69, 9.17) is 19.7 Å². The van der Waals surface area contributed by atoms with E-state index in [-0.39, 0.29) is 0 Å². The van der Waals surface area contributed by atoms with Crippen LogP contribution in [0.15, 0.2) is 212 Å². The zero-order valence-corrected chi connectivity index (χ0v) is 32.5. The van der Waals surface area contributed by atoms with Gasteiger partial charge in [-0.05, 0) is 75.3 Å². The molecule has 10 aromatic rings. The Morgan fingerprint density at radius 1 is 0.350 bits per heavy atom. The third kappa shape index (κ3) is 5.28. The first kappa shape index (κ1) is 34.1. The number of rotatable bonds is 5. The van der Waals surface area contributed by atoms with Gasteiger partial charge in [0.15, 0.2) is 5.82 Å². The van der Waals surface area contributed by atoms with Crippen LogP contribution in [0.3, 0.4) is 0 Å². The van der Waals surface area contributed by atoms with Crippen molar-refractivity contribution < 1.29 is 4.74 Å². The Morgan fingerprint density at radius 3 is 1.53 bits per heavy atom. The van der Waals surface area contributed by atoms with E-state index in [1.165, 1.54) is 22.3 Å². The number of para-hydroxylation sites is 3. The summed E-state index contributed by atoms with van der Waals surface area (Å²) in [4.78, 5) is 15.2. The molecule has 1 aliphatic heterocycles. The molecule has 4 nitrogen and oxygen atoms in total. The molecule has 0 atom stereocenters. The van der Waals surface area contributed by atoms with Gasteiger partial charge < -0.3 is 4.74 Å². The molecule has 280 valence electrons. The lowest BCUT2D eigenvalue weighted by Gasteiger charge is -2.39.